The molecule has 3 nitrogen and oxygen atoms in total. The number of benzene rings is 1. The van der Waals surface area contributed by atoms with Crippen LogP contribution in [0.1, 0.15) is 31.2 Å². The maximum absolute atomic E-state index is 6.07. The summed E-state index contributed by atoms with van der Waals surface area (Å²) < 4.78 is 5.89. The molecule has 1 N–H and O–H groups in total. The van der Waals surface area contributed by atoms with Crippen LogP contribution in [0.3, 0.4) is 0 Å². The van der Waals surface area contributed by atoms with E-state index in [1.54, 1.807) is 7.11 Å². The number of rotatable bonds is 3. The van der Waals surface area contributed by atoms with E-state index in [4.69, 9.17) is 28.6 Å². The van der Waals surface area contributed by atoms with Gasteiger partial charge in [0.1, 0.15) is 16.2 Å². The molecule has 0 saturated heterocycles. The van der Waals surface area contributed by atoms with Crippen LogP contribution in [0.15, 0.2) is 18.2 Å². The normalized spacial score (nSPS) is 10.9. The van der Waals surface area contributed by atoms with E-state index in [0.717, 1.165) is 22.6 Å². The predicted molar refractivity (Wildman–Crippen MR) is 85.2 cm³/mol. The highest BCUT2D eigenvalue weighted by molar-refractivity contribution is 7.71. The lowest BCUT2D eigenvalue weighted by molar-refractivity contribution is 0.415. The van der Waals surface area contributed by atoms with Crippen molar-refractivity contribution in [1.29, 1.82) is 0 Å². The zero-order valence-electron chi connectivity index (χ0n) is 12.0. The van der Waals surface area contributed by atoms with E-state index >= 15 is 0 Å². The van der Waals surface area contributed by atoms with E-state index in [9.17, 15) is 0 Å². The smallest absolute Gasteiger partial charge is 0.138 e. The van der Waals surface area contributed by atoms with Gasteiger partial charge in [-0.15, -0.1) is 0 Å². The number of aromatic nitrogens is 2. The van der Waals surface area contributed by atoms with Gasteiger partial charge in [-0.05, 0) is 19.1 Å². The zero-order chi connectivity index (χ0) is 14.9. The summed E-state index contributed by atoms with van der Waals surface area (Å²) in [4.78, 5) is 7.78. The Morgan fingerprint density at radius 2 is 2.05 bits per heavy atom. The number of aromatic amines is 1. The summed E-state index contributed by atoms with van der Waals surface area (Å²) in [6, 6.07) is 5.67. The summed E-state index contributed by atoms with van der Waals surface area (Å²) in [5.74, 6) is 1.81. The molecule has 0 saturated carbocycles. The lowest BCUT2D eigenvalue weighted by atomic mass is 10.1. The van der Waals surface area contributed by atoms with Crippen molar-refractivity contribution in [3.63, 3.8) is 0 Å². The topological polar surface area (TPSA) is 37.9 Å². The van der Waals surface area contributed by atoms with Crippen molar-refractivity contribution < 1.29 is 4.74 Å². The van der Waals surface area contributed by atoms with Gasteiger partial charge in [0.2, 0.25) is 0 Å². The highest BCUT2D eigenvalue weighted by atomic mass is 35.5. The van der Waals surface area contributed by atoms with E-state index < -0.39 is 0 Å². The molecule has 2 aromatic rings. The van der Waals surface area contributed by atoms with Gasteiger partial charge >= 0.3 is 0 Å². The Bertz CT molecular complexity index is 695. The van der Waals surface area contributed by atoms with Gasteiger partial charge in [-0.1, -0.05) is 43.7 Å². The van der Waals surface area contributed by atoms with E-state index in [-0.39, 0.29) is 5.92 Å². The van der Waals surface area contributed by atoms with Gasteiger partial charge in [-0.3, -0.25) is 0 Å². The molecule has 20 heavy (non-hydrogen) atoms. The first-order chi connectivity index (χ1) is 9.43. The standard InChI is InChI=1S/C15H17ClN2OS/c1-8(2)14-17-13(9(3)15(20)18-14)10-5-6-11(16)12(7-10)19-4/h5-8H,1-4H3,(H,17,18,20). The lowest BCUT2D eigenvalue weighted by Crippen LogP contribution is -2.02. The number of nitrogens with one attached hydrogen (secondary N) is 1. The molecule has 0 aliphatic rings. The van der Waals surface area contributed by atoms with E-state index in [2.05, 4.69) is 23.8 Å². The van der Waals surface area contributed by atoms with Gasteiger partial charge in [0, 0.05) is 17.0 Å². The molecule has 5 heteroatoms. The minimum Gasteiger partial charge on any atom is -0.495 e. The van der Waals surface area contributed by atoms with Gasteiger partial charge in [0.25, 0.3) is 0 Å². The Morgan fingerprint density at radius 1 is 1.35 bits per heavy atom. The first-order valence-corrected chi connectivity index (χ1v) is 7.17. The van der Waals surface area contributed by atoms with Gasteiger partial charge in [-0.25, -0.2) is 4.98 Å². The molecule has 1 heterocycles. The van der Waals surface area contributed by atoms with Gasteiger partial charge in [0.15, 0.2) is 0 Å². The van der Waals surface area contributed by atoms with Crippen molar-refractivity contribution in [3.8, 4) is 17.0 Å². The first-order valence-electron chi connectivity index (χ1n) is 6.38. The molecule has 0 fully saturated rings. The molecule has 0 unspecified atom stereocenters. The van der Waals surface area contributed by atoms with E-state index in [1.165, 1.54) is 0 Å². The Balaban J connectivity index is 2.65. The van der Waals surface area contributed by atoms with E-state index in [0.29, 0.717) is 15.4 Å². The quantitative estimate of drug-likeness (QED) is 0.819. The number of nitrogens with zero attached hydrogens (tertiary/aromatic N) is 1. The van der Waals surface area contributed by atoms with Crippen molar-refractivity contribution >= 4 is 23.8 Å². The molecule has 2 rings (SSSR count). The molecule has 0 spiro atoms. The summed E-state index contributed by atoms with van der Waals surface area (Å²) in [7, 11) is 1.60. The third-order valence-corrected chi connectivity index (χ3v) is 3.87. The van der Waals surface area contributed by atoms with Gasteiger partial charge in [-0.2, -0.15) is 0 Å². The summed E-state index contributed by atoms with van der Waals surface area (Å²) in [6.45, 7) is 6.12. The molecule has 0 aliphatic heterocycles. The van der Waals surface area contributed by atoms with Crippen molar-refractivity contribution in [2.24, 2.45) is 0 Å². The Kier molecular flexibility index (Phi) is 4.45. The Labute approximate surface area is 129 Å². The third-order valence-electron chi connectivity index (χ3n) is 3.16. The highest BCUT2D eigenvalue weighted by Gasteiger charge is 2.11. The fourth-order valence-corrected chi connectivity index (χ4v) is 2.32. The summed E-state index contributed by atoms with van der Waals surface area (Å²) in [5.41, 5.74) is 2.90. The maximum Gasteiger partial charge on any atom is 0.138 e. The average Bonchev–Trinajstić information content (AvgIpc) is 2.42. The van der Waals surface area contributed by atoms with Crippen LogP contribution in [-0.4, -0.2) is 17.1 Å². The van der Waals surface area contributed by atoms with Crippen molar-refractivity contribution in [1.82, 2.24) is 9.97 Å². The number of hydrogen-bond acceptors (Lipinski definition) is 3. The molecule has 0 atom stereocenters. The minimum absolute atomic E-state index is 0.283. The second-order valence-corrected chi connectivity index (χ2v) is 5.73. The fraction of sp³-hybridized carbons (Fsp3) is 0.333. The molecule has 106 valence electrons. The fourth-order valence-electron chi connectivity index (χ4n) is 1.93. The van der Waals surface area contributed by atoms with Crippen molar-refractivity contribution in [2.45, 2.75) is 26.7 Å². The SMILES string of the molecule is COc1cc(-c2[nH]c(C(C)C)nc(=S)c2C)ccc1Cl. The molecular weight excluding hydrogens is 292 g/mol. The van der Waals surface area contributed by atoms with E-state index in [1.807, 2.05) is 25.1 Å². The van der Waals surface area contributed by atoms with Crippen LogP contribution in [0.25, 0.3) is 11.3 Å². The van der Waals surface area contributed by atoms with Crippen molar-refractivity contribution in [2.75, 3.05) is 7.11 Å². The van der Waals surface area contributed by atoms with Gasteiger partial charge in [0.05, 0.1) is 17.8 Å². The summed E-state index contributed by atoms with van der Waals surface area (Å²) >= 11 is 11.4. The van der Waals surface area contributed by atoms with Crippen LogP contribution in [0, 0.1) is 11.6 Å². The molecule has 0 radical (unpaired) electrons. The summed E-state index contributed by atoms with van der Waals surface area (Å²) in [6.07, 6.45) is 0. The zero-order valence-corrected chi connectivity index (χ0v) is 13.5. The largest absolute Gasteiger partial charge is 0.495 e. The average molecular weight is 309 g/mol. The van der Waals surface area contributed by atoms with Crippen LogP contribution < -0.4 is 4.74 Å². The van der Waals surface area contributed by atoms with Crippen LogP contribution in [0.4, 0.5) is 0 Å². The minimum atomic E-state index is 0.283. The third kappa shape index (κ3) is 2.86. The predicted octanol–water partition coefficient (Wildman–Crippen LogP) is 4.90. The second kappa shape index (κ2) is 5.94. The van der Waals surface area contributed by atoms with Crippen LogP contribution >= 0.6 is 23.8 Å². The van der Waals surface area contributed by atoms with Crippen LogP contribution in [-0.2, 0) is 0 Å². The maximum atomic E-state index is 6.07. The lowest BCUT2D eigenvalue weighted by Gasteiger charge is -2.13. The highest BCUT2D eigenvalue weighted by Crippen LogP contribution is 2.31. The van der Waals surface area contributed by atoms with Crippen LogP contribution in [0.5, 0.6) is 5.75 Å². The molecule has 1 aromatic carbocycles. The molecule has 1 aromatic heterocycles. The van der Waals surface area contributed by atoms with Gasteiger partial charge < -0.3 is 9.72 Å². The summed E-state index contributed by atoms with van der Waals surface area (Å²) in [5, 5.41) is 0.589. The number of ether oxygens (including phenoxy) is 1. The molecule has 0 aliphatic carbocycles. The Hall–Kier alpha value is -1.39. The number of methoxy groups -OCH3 is 1. The Morgan fingerprint density at radius 3 is 2.65 bits per heavy atom. The first kappa shape index (κ1) is 15.0. The molecule has 0 bridgehead atoms. The van der Waals surface area contributed by atoms with Crippen LogP contribution in [0.2, 0.25) is 5.02 Å². The monoisotopic (exact) mass is 308 g/mol. The van der Waals surface area contributed by atoms with Crippen molar-refractivity contribution in [3.05, 3.63) is 39.3 Å². The number of H-pyrrole nitrogens is 1. The second-order valence-electron chi connectivity index (χ2n) is 4.93. The number of hydrogen-bond donors (Lipinski definition) is 1. The number of halogens is 1. The molecular formula is C15H17ClN2OS. The molecule has 0 amide bonds.